The number of nitrogens with one attached hydrogen (secondary N) is 1. The van der Waals surface area contributed by atoms with Gasteiger partial charge in [0.05, 0.1) is 5.56 Å². The molecule has 158 valence electrons. The van der Waals surface area contributed by atoms with E-state index in [1.807, 2.05) is 0 Å². The van der Waals surface area contributed by atoms with Gasteiger partial charge in [-0.05, 0) is 36.6 Å². The molecule has 1 aliphatic heterocycles. The summed E-state index contributed by atoms with van der Waals surface area (Å²) in [4.78, 5) is 37.4. The molecule has 1 aliphatic rings. The summed E-state index contributed by atoms with van der Waals surface area (Å²) in [6.45, 7) is 5.10. The Balaban J connectivity index is 1.68. The number of hydrogen-bond acceptors (Lipinski definition) is 6. The second kappa shape index (κ2) is 9.91. The van der Waals surface area contributed by atoms with Crippen LogP contribution in [0.5, 0.6) is 11.5 Å². The molecule has 1 amide bonds. The summed E-state index contributed by atoms with van der Waals surface area (Å²) in [5.74, 6) is 0.0848. The fourth-order valence-corrected chi connectivity index (χ4v) is 2.96. The van der Waals surface area contributed by atoms with E-state index in [0.717, 1.165) is 6.42 Å². The highest BCUT2D eigenvalue weighted by atomic mass is 16.6. The average molecular weight is 411 g/mol. The topological polar surface area (TPSA) is 90.9 Å². The summed E-state index contributed by atoms with van der Waals surface area (Å²) in [6.07, 6.45) is 0.840. The second-order valence-corrected chi connectivity index (χ2v) is 7.34. The van der Waals surface area contributed by atoms with Gasteiger partial charge in [0.15, 0.2) is 23.9 Å². The van der Waals surface area contributed by atoms with Crippen molar-refractivity contribution >= 4 is 17.7 Å². The molecule has 0 spiro atoms. The maximum atomic E-state index is 13.0. The molecule has 0 aliphatic carbocycles. The van der Waals surface area contributed by atoms with Crippen LogP contribution in [-0.2, 0) is 9.53 Å². The Morgan fingerprint density at radius 3 is 2.43 bits per heavy atom. The van der Waals surface area contributed by atoms with Crippen molar-refractivity contribution in [2.45, 2.75) is 20.3 Å². The number of hydrogen-bond donors (Lipinski definition) is 1. The predicted octanol–water partition coefficient (Wildman–Crippen LogP) is 3.01. The van der Waals surface area contributed by atoms with Crippen molar-refractivity contribution in [2.24, 2.45) is 5.92 Å². The van der Waals surface area contributed by atoms with Crippen LogP contribution in [0.3, 0.4) is 0 Å². The molecule has 0 saturated carbocycles. The van der Waals surface area contributed by atoms with Gasteiger partial charge < -0.3 is 19.5 Å². The first-order valence-corrected chi connectivity index (χ1v) is 9.93. The number of rotatable bonds is 8. The van der Waals surface area contributed by atoms with E-state index in [1.54, 1.807) is 36.4 Å². The van der Waals surface area contributed by atoms with Crippen LogP contribution < -0.4 is 14.8 Å². The van der Waals surface area contributed by atoms with Crippen molar-refractivity contribution in [3.8, 4) is 11.5 Å². The van der Waals surface area contributed by atoms with Gasteiger partial charge >= 0.3 is 5.97 Å². The molecule has 2 aromatic carbocycles. The SMILES string of the molecule is CC(C)CCNC(=O)COC(=O)c1ccccc1C(=O)c1ccc2c(c1)OCCO2. The van der Waals surface area contributed by atoms with E-state index >= 15 is 0 Å². The van der Waals surface area contributed by atoms with Crippen LogP contribution in [0.25, 0.3) is 0 Å². The molecule has 0 fully saturated rings. The smallest absolute Gasteiger partial charge is 0.339 e. The van der Waals surface area contributed by atoms with E-state index in [9.17, 15) is 14.4 Å². The summed E-state index contributed by atoms with van der Waals surface area (Å²) in [6, 6.07) is 11.3. The van der Waals surface area contributed by atoms with E-state index in [2.05, 4.69) is 19.2 Å². The van der Waals surface area contributed by atoms with Crippen LogP contribution in [0.4, 0.5) is 0 Å². The van der Waals surface area contributed by atoms with Crippen LogP contribution in [-0.4, -0.2) is 44.0 Å². The highest BCUT2D eigenvalue weighted by molar-refractivity contribution is 6.14. The zero-order valence-electron chi connectivity index (χ0n) is 17.1. The van der Waals surface area contributed by atoms with Crippen molar-refractivity contribution in [1.29, 1.82) is 0 Å². The Hall–Kier alpha value is -3.35. The minimum Gasteiger partial charge on any atom is -0.486 e. The predicted molar refractivity (Wildman–Crippen MR) is 110 cm³/mol. The third kappa shape index (κ3) is 5.37. The number of esters is 1. The number of amides is 1. The maximum absolute atomic E-state index is 13.0. The third-order valence-electron chi connectivity index (χ3n) is 4.57. The molecule has 0 bridgehead atoms. The number of carbonyl (C=O) groups excluding carboxylic acids is 3. The molecular formula is C23H25NO6. The molecule has 0 saturated heterocycles. The molecule has 0 aromatic heterocycles. The van der Waals surface area contributed by atoms with Crippen LogP contribution in [0, 0.1) is 5.92 Å². The molecule has 2 aromatic rings. The average Bonchev–Trinajstić information content (AvgIpc) is 2.76. The molecule has 1 N–H and O–H groups in total. The van der Waals surface area contributed by atoms with Gasteiger partial charge in [0.1, 0.15) is 13.2 Å². The quantitative estimate of drug-likeness (QED) is 0.530. The Morgan fingerprint density at radius 1 is 1.00 bits per heavy atom. The van der Waals surface area contributed by atoms with Crippen LogP contribution in [0.15, 0.2) is 42.5 Å². The Kier molecular flexibility index (Phi) is 7.06. The summed E-state index contributed by atoms with van der Waals surface area (Å²) in [5.41, 5.74) is 0.665. The van der Waals surface area contributed by atoms with E-state index < -0.39 is 12.6 Å². The zero-order chi connectivity index (χ0) is 21.5. The highest BCUT2D eigenvalue weighted by Crippen LogP contribution is 2.31. The number of ether oxygens (including phenoxy) is 3. The third-order valence-corrected chi connectivity index (χ3v) is 4.57. The second-order valence-electron chi connectivity index (χ2n) is 7.34. The fraction of sp³-hybridized carbons (Fsp3) is 0.348. The zero-order valence-corrected chi connectivity index (χ0v) is 17.1. The minimum atomic E-state index is -0.726. The summed E-state index contributed by atoms with van der Waals surface area (Å²) in [5, 5.41) is 2.70. The largest absolute Gasteiger partial charge is 0.486 e. The van der Waals surface area contributed by atoms with Gasteiger partial charge in [-0.3, -0.25) is 9.59 Å². The van der Waals surface area contributed by atoms with Crippen LogP contribution in [0.1, 0.15) is 46.5 Å². The molecule has 0 unspecified atom stereocenters. The van der Waals surface area contributed by atoms with Crippen LogP contribution >= 0.6 is 0 Å². The van der Waals surface area contributed by atoms with Crippen molar-refractivity contribution < 1.29 is 28.6 Å². The number of ketones is 1. The lowest BCUT2D eigenvalue weighted by Crippen LogP contribution is -2.30. The minimum absolute atomic E-state index is 0.104. The highest BCUT2D eigenvalue weighted by Gasteiger charge is 2.22. The molecule has 3 rings (SSSR count). The molecular weight excluding hydrogens is 386 g/mol. The van der Waals surface area contributed by atoms with Crippen molar-refractivity contribution in [3.63, 3.8) is 0 Å². The van der Waals surface area contributed by atoms with Gasteiger partial charge in [-0.15, -0.1) is 0 Å². The first kappa shape index (κ1) is 21.4. The summed E-state index contributed by atoms with van der Waals surface area (Å²) < 4.78 is 16.1. The van der Waals surface area contributed by atoms with E-state index in [4.69, 9.17) is 14.2 Å². The molecule has 0 atom stereocenters. The first-order valence-electron chi connectivity index (χ1n) is 9.93. The first-order chi connectivity index (χ1) is 14.5. The molecule has 7 heteroatoms. The van der Waals surface area contributed by atoms with Gasteiger partial charge in [-0.25, -0.2) is 4.79 Å². The lowest BCUT2D eigenvalue weighted by atomic mass is 9.98. The van der Waals surface area contributed by atoms with E-state index in [0.29, 0.717) is 42.7 Å². The lowest BCUT2D eigenvalue weighted by Gasteiger charge is -2.18. The molecule has 30 heavy (non-hydrogen) atoms. The number of carbonyl (C=O) groups is 3. The molecule has 7 nitrogen and oxygen atoms in total. The fourth-order valence-electron chi connectivity index (χ4n) is 2.96. The Bertz CT molecular complexity index is 937. The van der Waals surface area contributed by atoms with Gasteiger partial charge in [0.25, 0.3) is 5.91 Å². The maximum Gasteiger partial charge on any atom is 0.339 e. The van der Waals surface area contributed by atoms with Gasteiger partial charge in [-0.1, -0.05) is 32.0 Å². The molecule has 0 radical (unpaired) electrons. The summed E-state index contributed by atoms with van der Waals surface area (Å²) in [7, 11) is 0. The van der Waals surface area contributed by atoms with Crippen molar-refractivity contribution in [3.05, 3.63) is 59.2 Å². The lowest BCUT2D eigenvalue weighted by molar-refractivity contribution is -0.124. The van der Waals surface area contributed by atoms with Crippen LogP contribution in [0.2, 0.25) is 0 Å². The van der Waals surface area contributed by atoms with Gasteiger partial charge in [0, 0.05) is 17.7 Å². The standard InChI is InChI=1S/C23H25NO6/c1-15(2)9-10-24-21(25)14-30-23(27)18-6-4-3-5-17(18)22(26)16-7-8-19-20(13-16)29-12-11-28-19/h3-8,13,15H,9-12,14H2,1-2H3,(H,24,25). The van der Waals surface area contributed by atoms with Crippen molar-refractivity contribution in [1.82, 2.24) is 5.32 Å². The van der Waals surface area contributed by atoms with Gasteiger partial charge in [-0.2, -0.15) is 0 Å². The Morgan fingerprint density at radius 2 is 1.70 bits per heavy atom. The molecule has 1 heterocycles. The monoisotopic (exact) mass is 411 g/mol. The normalized spacial score (nSPS) is 12.4. The summed E-state index contributed by atoms with van der Waals surface area (Å²) >= 11 is 0. The number of benzene rings is 2. The Labute approximate surface area is 175 Å². The number of fused-ring (bicyclic) bond motifs is 1. The van der Waals surface area contributed by atoms with Gasteiger partial charge in [0.2, 0.25) is 0 Å². The van der Waals surface area contributed by atoms with Crippen molar-refractivity contribution in [2.75, 3.05) is 26.4 Å². The van der Waals surface area contributed by atoms with E-state index in [1.165, 1.54) is 6.07 Å². The van der Waals surface area contributed by atoms with E-state index in [-0.39, 0.29) is 22.8 Å².